The number of rotatable bonds is 2. The van der Waals surface area contributed by atoms with Crippen LogP contribution in [0.3, 0.4) is 0 Å². The van der Waals surface area contributed by atoms with Gasteiger partial charge in [0.05, 0.1) is 0 Å². The van der Waals surface area contributed by atoms with E-state index >= 15 is 0 Å². The van der Waals surface area contributed by atoms with Crippen LogP contribution in [0.1, 0.15) is 10.4 Å². The van der Waals surface area contributed by atoms with Crippen molar-refractivity contribution < 1.29 is 13.2 Å². The molecule has 2 aromatic carbocycles. The number of thioether (sulfide) groups is 1. The molecule has 1 aliphatic rings. The Kier molecular flexibility index (Phi) is 4.80. The Labute approximate surface area is 158 Å². The van der Waals surface area contributed by atoms with E-state index < -0.39 is 15.8 Å². The molecule has 0 fully saturated rings. The van der Waals surface area contributed by atoms with Gasteiger partial charge in [0.25, 0.3) is 10.0 Å². The lowest BCUT2D eigenvalue weighted by atomic mass is 10.1. The zero-order valence-electron chi connectivity index (χ0n) is 12.3. The number of nitrogens with zero attached hydrogens (tertiary/aromatic N) is 1. The predicted molar refractivity (Wildman–Crippen MR) is 96.1 cm³/mol. The van der Waals surface area contributed by atoms with E-state index in [0.717, 1.165) is 11.8 Å². The van der Waals surface area contributed by atoms with Crippen LogP contribution >= 0.6 is 35.0 Å². The van der Waals surface area contributed by atoms with Gasteiger partial charge in [-0.1, -0.05) is 35.0 Å². The number of hydrogen-bond donors (Lipinski definition) is 1. The first-order valence-corrected chi connectivity index (χ1v) is 9.82. The zero-order valence-corrected chi connectivity index (χ0v) is 15.4. The Hall–Kier alpha value is -1.98. The number of nitrogens with one attached hydrogen (secondary N) is 1. The number of nitriles is 1. The van der Waals surface area contributed by atoms with Crippen LogP contribution in [0.15, 0.2) is 62.9 Å². The van der Waals surface area contributed by atoms with Crippen LogP contribution < -0.4 is 4.72 Å². The highest BCUT2D eigenvalue weighted by atomic mass is 35.5. The van der Waals surface area contributed by atoms with Crippen LogP contribution in [0.4, 0.5) is 0 Å². The van der Waals surface area contributed by atoms with Crippen LogP contribution in [0.2, 0.25) is 10.0 Å². The van der Waals surface area contributed by atoms with E-state index in [1.54, 1.807) is 6.07 Å². The van der Waals surface area contributed by atoms with E-state index in [0.29, 0.717) is 14.9 Å². The molecular weight excluding hydrogens is 403 g/mol. The van der Waals surface area contributed by atoms with Crippen molar-refractivity contribution in [1.82, 2.24) is 4.72 Å². The van der Waals surface area contributed by atoms with Crippen molar-refractivity contribution in [2.24, 2.45) is 0 Å². The smallest absolute Gasteiger partial charge is 0.263 e. The van der Waals surface area contributed by atoms with Crippen molar-refractivity contribution in [3.8, 4) is 6.07 Å². The Balaban J connectivity index is 2.11. The van der Waals surface area contributed by atoms with Gasteiger partial charge in [0.2, 0.25) is 5.78 Å². The minimum absolute atomic E-state index is 0.0434. The molecule has 0 saturated heterocycles. The van der Waals surface area contributed by atoms with Gasteiger partial charge in [0.1, 0.15) is 21.6 Å². The Bertz CT molecular complexity index is 1060. The van der Waals surface area contributed by atoms with Gasteiger partial charge in [0, 0.05) is 20.5 Å². The van der Waals surface area contributed by atoms with Gasteiger partial charge in [-0.25, -0.2) is 8.42 Å². The van der Waals surface area contributed by atoms with Crippen molar-refractivity contribution in [1.29, 1.82) is 5.26 Å². The number of halogens is 2. The first kappa shape index (κ1) is 17.8. The molecule has 0 radical (unpaired) electrons. The summed E-state index contributed by atoms with van der Waals surface area (Å²) in [5, 5.41) is 10.1. The van der Waals surface area contributed by atoms with Crippen molar-refractivity contribution in [2.75, 3.05) is 0 Å². The van der Waals surface area contributed by atoms with E-state index in [1.807, 2.05) is 0 Å². The summed E-state index contributed by atoms with van der Waals surface area (Å²) >= 11 is 12.7. The van der Waals surface area contributed by atoms with E-state index in [-0.39, 0.29) is 21.1 Å². The molecule has 2 aromatic rings. The van der Waals surface area contributed by atoms with Crippen LogP contribution in [0.5, 0.6) is 0 Å². The molecule has 0 saturated carbocycles. The van der Waals surface area contributed by atoms with Crippen LogP contribution in [-0.2, 0) is 10.0 Å². The number of hydrogen-bond acceptors (Lipinski definition) is 5. The average molecular weight is 411 g/mol. The van der Waals surface area contributed by atoms with Crippen LogP contribution in [-0.4, -0.2) is 14.2 Å². The van der Waals surface area contributed by atoms with Gasteiger partial charge < -0.3 is 0 Å². The summed E-state index contributed by atoms with van der Waals surface area (Å²) in [6.45, 7) is 0. The topological polar surface area (TPSA) is 87.0 Å². The number of carbonyl (C=O) groups is 1. The highest BCUT2D eigenvalue weighted by molar-refractivity contribution is 8.05. The molecule has 1 N–H and O–H groups in total. The molecule has 126 valence electrons. The lowest BCUT2D eigenvalue weighted by Gasteiger charge is -2.21. The summed E-state index contributed by atoms with van der Waals surface area (Å²) in [5.41, 5.74) is -0.0772. The molecule has 0 aromatic heterocycles. The van der Waals surface area contributed by atoms with E-state index in [4.69, 9.17) is 23.2 Å². The second-order valence-corrected chi connectivity index (χ2v) is 8.53. The first-order valence-electron chi connectivity index (χ1n) is 6.76. The SMILES string of the molecule is N#CC(C(=O)c1ccc(Cl)cc1)=C1NS(=O)(=O)c2ccc(Cl)cc2S1. The Morgan fingerprint density at radius 2 is 1.72 bits per heavy atom. The molecule has 9 heteroatoms. The molecular formula is C16H8Cl2N2O3S2. The first-order chi connectivity index (χ1) is 11.8. The molecule has 1 heterocycles. The number of Topliss-reactive ketones (excluding diaryl/α,β-unsaturated/α-hetero) is 1. The monoisotopic (exact) mass is 410 g/mol. The molecule has 0 atom stereocenters. The molecule has 0 amide bonds. The molecule has 0 unspecified atom stereocenters. The summed E-state index contributed by atoms with van der Waals surface area (Å²) in [6, 6.07) is 12.1. The largest absolute Gasteiger partial charge is 0.288 e. The Morgan fingerprint density at radius 3 is 2.36 bits per heavy atom. The highest BCUT2D eigenvalue weighted by Crippen LogP contribution is 2.39. The summed E-state index contributed by atoms with van der Waals surface area (Å²) in [5.74, 6) is -0.602. The number of allylic oxidation sites excluding steroid dienone is 1. The fourth-order valence-corrected chi connectivity index (χ4v) is 5.30. The molecule has 25 heavy (non-hydrogen) atoms. The van der Waals surface area contributed by atoms with E-state index in [2.05, 4.69) is 4.72 Å². The number of benzene rings is 2. The highest BCUT2D eigenvalue weighted by Gasteiger charge is 2.30. The van der Waals surface area contributed by atoms with Crippen LogP contribution in [0.25, 0.3) is 0 Å². The minimum atomic E-state index is -3.90. The number of sulfonamides is 1. The lowest BCUT2D eigenvalue weighted by Crippen LogP contribution is -2.28. The standard InChI is InChI=1S/C16H8Cl2N2O3S2/c17-10-3-1-9(2-4-10)15(21)12(8-19)16-20-25(22,23)14-6-5-11(18)7-13(14)24-16/h1-7,20H. The van der Waals surface area contributed by atoms with Gasteiger partial charge in [-0.05, 0) is 42.5 Å². The van der Waals surface area contributed by atoms with E-state index in [1.165, 1.54) is 42.5 Å². The maximum Gasteiger partial charge on any atom is 0.263 e. The molecule has 0 bridgehead atoms. The van der Waals surface area contributed by atoms with Crippen molar-refractivity contribution >= 4 is 50.8 Å². The summed E-state index contributed by atoms with van der Waals surface area (Å²) in [4.78, 5) is 13.0. The maximum absolute atomic E-state index is 12.6. The van der Waals surface area contributed by atoms with Gasteiger partial charge >= 0.3 is 0 Å². The Morgan fingerprint density at radius 1 is 1.08 bits per heavy atom. The number of fused-ring (bicyclic) bond motifs is 1. The third-order valence-corrected chi connectivity index (χ3v) is 6.53. The lowest BCUT2D eigenvalue weighted by molar-refractivity contribution is 0.103. The summed E-state index contributed by atoms with van der Waals surface area (Å²) in [6.07, 6.45) is 0. The van der Waals surface area contributed by atoms with Gasteiger partial charge in [-0.2, -0.15) is 5.26 Å². The van der Waals surface area contributed by atoms with E-state index in [9.17, 15) is 18.5 Å². The normalized spacial score (nSPS) is 17.0. The second kappa shape index (κ2) is 6.73. The third kappa shape index (κ3) is 3.53. The van der Waals surface area contributed by atoms with Gasteiger partial charge in [-0.3, -0.25) is 9.52 Å². The molecule has 5 nitrogen and oxygen atoms in total. The fraction of sp³-hybridized carbons (Fsp3) is 0. The molecule has 0 aliphatic carbocycles. The summed E-state index contributed by atoms with van der Waals surface area (Å²) < 4.78 is 27.0. The van der Waals surface area contributed by atoms with Crippen molar-refractivity contribution in [2.45, 2.75) is 9.79 Å². The van der Waals surface area contributed by atoms with Crippen molar-refractivity contribution in [3.63, 3.8) is 0 Å². The fourth-order valence-electron chi connectivity index (χ4n) is 2.14. The average Bonchev–Trinajstić information content (AvgIpc) is 2.55. The molecule has 1 aliphatic heterocycles. The quantitative estimate of drug-likeness (QED) is 0.459. The number of ketones is 1. The minimum Gasteiger partial charge on any atom is -0.288 e. The van der Waals surface area contributed by atoms with Gasteiger partial charge in [-0.15, -0.1) is 0 Å². The zero-order chi connectivity index (χ0) is 18.2. The maximum atomic E-state index is 12.6. The predicted octanol–water partition coefficient (Wildman–Crippen LogP) is 4.00. The summed E-state index contributed by atoms with van der Waals surface area (Å²) in [7, 11) is -3.90. The third-order valence-electron chi connectivity index (χ3n) is 3.31. The second-order valence-electron chi connectivity index (χ2n) is 4.95. The molecule has 0 spiro atoms. The van der Waals surface area contributed by atoms with Gasteiger partial charge in [0.15, 0.2) is 0 Å². The number of carbonyl (C=O) groups excluding carboxylic acids is 1. The molecule has 3 rings (SSSR count). The van der Waals surface area contributed by atoms with Crippen LogP contribution in [0, 0.1) is 11.3 Å². The van der Waals surface area contributed by atoms with Crippen molar-refractivity contribution in [3.05, 3.63) is 68.7 Å².